The predicted octanol–water partition coefficient (Wildman–Crippen LogP) is 7.35. The van der Waals surface area contributed by atoms with E-state index in [-0.39, 0.29) is 11.5 Å². The summed E-state index contributed by atoms with van der Waals surface area (Å²) in [6.07, 6.45) is 13.2. The number of aliphatic hydroxyl groups excluding tert-OH is 1. The predicted molar refractivity (Wildman–Crippen MR) is 131 cm³/mol. The number of carbonyl (C=O) groups excluding carboxylic acids is 1. The average molecular weight is 441 g/mol. The summed E-state index contributed by atoms with van der Waals surface area (Å²) in [6.45, 7) is 18.2. The molecule has 0 bridgehead atoms. The Balaban J connectivity index is 1.39. The number of ketones is 1. The fourth-order valence-corrected chi connectivity index (χ4v) is 11.0. The quantitative estimate of drug-likeness (QED) is 0.454. The molecule has 0 amide bonds. The lowest BCUT2D eigenvalue weighted by Crippen LogP contribution is -2.57. The zero-order chi connectivity index (χ0) is 23.3. The number of carbonyl (C=O) groups is 1. The highest BCUT2D eigenvalue weighted by molar-refractivity contribution is 5.86. The third-order valence-corrected chi connectivity index (χ3v) is 13.1. The third kappa shape index (κ3) is 2.65. The molecule has 5 fully saturated rings. The van der Waals surface area contributed by atoms with Crippen LogP contribution in [0.25, 0.3) is 0 Å². The maximum absolute atomic E-state index is 12.8. The van der Waals surface area contributed by atoms with E-state index in [2.05, 4.69) is 41.2 Å². The summed E-state index contributed by atoms with van der Waals surface area (Å²) in [4.78, 5) is 12.8. The van der Waals surface area contributed by atoms with Gasteiger partial charge in [0.2, 0.25) is 0 Å². The Kier molecular flexibility index (Phi) is 5.03. The van der Waals surface area contributed by atoms with Gasteiger partial charge in [0.15, 0.2) is 0 Å². The zero-order valence-corrected chi connectivity index (χ0v) is 21.7. The largest absolute Gasteiger partial charge is 0.389 e. The van der Waals surface area contributed by atoms with E-state index in [1.807, 2.05) is 6.92 Å². The summed E-state index contributed by atoms with van der Waals surface area (Å²) in [7, 11) is 0. The van der Waals surface area contributed by atoms with Crippen molar-refractivity contribution in [1.82, 2.24) is 0 Å². The summed E-state index contributed by atoms with van der Waals surface area (Å²) in [5, 5.41) is 10.3. The Morgan fingerprint density at radius 1 is 0.969 bits per heavy atom. The van der Waals surface area contributed by atoms with Crippen molar-refractivity contribution in [2.24, 2.45) is 50.7 Å². The molecule has 5 rings (SSSR count). The van der Waals surface area contributed by atoms with Crippen LogP contribution in [-0.4, -0.2) is 17.0 Å². The molecule has 1 N–H and O–H groups in total. The van der Waals surface area contributed by atoms with Crippen molar-refractivity contribution in [3.63, 3.8) is 0 Å². The van der Waals surface area contributed by atoms with Crippen LogP contribution in [0.3, 0.4) is 0 Å². The molecule has 2 heteroatoms. The number of rotatable bonds is 5. The van der Waals surface area contributed by atoms with Crippen LogP contribution in [0.4, 0.5) is 0 Å². The summed E-state index contributed by atoms with van der Waals surface area (Å²) in [5.41, 5.74) is 2.68. The molecule has 180 valence electrons. The molecule has 0 saturated heterocycles. The first-order chi connectivity index (χ1) is 14.9. The first-order valence-electron chi connectivity index (χ1n) is 13.7. The lowest BCUT2D eigenvalue weighted by atomic mass is 9.42. The summed E-state index contributed by atoms with van der Waals surface area (Å²) >= 11 is 0. The molecule has 0 aromatic heterocycles. The molecular weight excluding hydrogens is 392 g/mol. The highest BCUT2D eigenvalue weighted by Crippen LogP contribution is 2.88. The Morgan fingerprint density at radius 3 is 2.31 bits per heavy atom. The van der Waals surface area contributed by atoms with E-state index >= 15 is 0 Å². The maximum Gasteiger partial charge on any atom is 0.138 e. The van der Waals surface area contributed by atoms with Crippen LogP contribution in [0.5, 0.6) is 0 Å². The second-order valence-corrected chi connectivity index (χ2v) is 14.2. The van der Waals surface area contributed by atoms with Gasteiger partial charge in [0.25, 0.3) is 0 Å². The van der Waals surface area contributed by atoms with E-state index < -0.39 is 0 Å². The van der Waals surface area contributed by atoms with Gasteiger partial charge in [-0.2, -0.15) is 0 Å². The zero-order valence-electron chi connectivity index (χ0n) is 21.7. The van der Waals surface area contributed by atoms with Gasteiger partial charge in [-0.3, -0.25) is 4.79 Å². The fraction of sp³-hybridized carbons (Fsp3) is 0.900. The molecule has 5 aliphatic carbocycles. The summed E-state index contributed by atoms with van der Waals surface area (Å²) in [6, 6.07) is 0. The lowest BCUT2D eigenvalue weighted by molar-refractivity contribution is -0.157. The molecule has 2 nitrogen and oxygen atoms in total. The standard InChI is InChI=1S/C30H48O2/c1-19(2)22(31)9-8-20(3)21-12-14-28(7)24-11-10-23-26(4,5)25(32)13-15-29(23)18-30(24,29)17-16-27(21,28)6/h20-24,31H,1,8-18H2,2-7H3/t20-,21-,22-,23-,24+,27-,28+,29-,30+/m1/s1. The minimum absolute atomic E-state index is 0.106. The first kappa shape index (κ1) is 23.1. The fourth-order valence-electron chi connectivity index (χ4n) is 11.0. The monoisotopic (exact) mass is 440 g/mol. The van der Waals surface area contributed by atoms with Crippen LogP contribution >= 0.6 is 0 Å². The van der Waals surface area contributed by atoms with E-state index in [1.165, 1.54) is 51.4 Å². The molecule has 0 aliphatic heterocycles. The van der Waals surface area contributed by atoms with Crippen molar-refractivity contribution in [3.05, 3.63) is 12.2 Å². The van der Waals surface area contributed by atoms with Crippen LogP contribution in [-0.2, 0) is 4.79 Å². The number of hydrogen-bond acceptors (Lipinski definition) is 2. The van der Waals surface area contributed by atoms with Crippen LogP contribution in [0, 0.1) is 50.7 Å². The van der Waals surface area contributed by atoms with Gasteiger partial charge in [0.1, 0.15) is 5.78 Å². The van der Waals surface area contributed by atoms with E-state index in [0.29, 0.717) is 39.3 Å². The molecule has 9 atom stereocenters. The van der Waals surface area contributed by atoms with Crippen LogP contribution in [0.15, 0.2) is 12.2 Å². The highest BCUT2D eigenvalue weighted by atomic mass is 16.3. The van der Waals surface area contributed by atoms with Gasteiger partial charge < -0.3 is 5.11 Å². The van der Waals surface area contributed by atoms with Gasteiger partial charge in [0.05, 0.1) is 6.10 Å². The number of hydrogen-bond donors (Lipinski definition) is 1. The van der Waals surface area contributed by atoms with E-state index in [9.17, 15) is 9.90 Å². The molecule has 0 unspecified atom stereocenters. The maximum atomic E-state index is 12.8. The Bertz CT molecular complexity index is 827. The van der Waals surface area contributed by atoms with Crippen molar-refractivity contribution in [1.29, 1.82) is 0 Å². The van der Waals surface area contributed by atoms with E-state index in [4.69, 9.17) is 0 Å². The third-order valence-electron chi connectivity index (χ3n) is 13.1. The molecule has 5 saturated carbocycles. The summed E-state index contributed by atoms with van der Waals surface area (Å²) in [5.74, 6) is 3.46. The molecule has 0 heterocycles. The van der Waals surface area contributed by atoms with Crippen LogP contribution in [0.1, 0.15) is 112 Å². The first-order valence-corrected chi connectivity index (χ1v) is 13.7. The van der Waals surface area contributed by atoms with E-state index in [1.54, 1.807) is 0 Å². The Morgan fingerprint density at radius 2 is 1.62 bits per heavy atom. The normalized spacial score (nSPS) is 50.5. The Labute approximate surface area is 197 Å². The molecule has 0 aromatic rings. The Hall–Kier alpha value is -0.630. The molecule has 32 heavy (non-hydrogen) atoms. The van der Waals surface area contributed by atoms with E-state index in [0.717, 1.165) is 36.7 Å². The van der Waals surface area contributed by atoms with Crippen LogP contribution < -0.4 is 0 Å². The minimum atomic E-state index is -0.341. The molecule has 2 spiro atoms. The smallest absolute Gasteiger partial charge is 0.138 e. The number of aliphatic hydroxyl groups is 1. The molecule has 0 aromatic carbocycles. The van der Waals surface area contributed by atoms with Crippen molar-refractivity contribution in [3.8, 4) is 0 Å². The van der Waals surface area contributed by atoms with Gasteiger partial charge in [0, 0.05) is 11.8 Å². The minimum Gasteiger partial charge on any atom is -0.389 e. The molecular formula is C30H48O2. The second kappa shape index (κ2) is 6.96. The van der Waals surface area contributed by atoms with Crippen molar-refractivity contribution >= 4 is 5.78 Å². The van der Waals surface area contributed by atoms with Gasteiger partial charge in [-0.1, -0.05) is 46.8 Å². The topological polar surface area (TPSA) is 37.3 Å². The number of Topliss-reactive ketones (excluding diaryl/α,β-unsaturated/α-hetero) is 1. The van der Waals surface area contributed by atoms with Crippen molar-refractivity contribution in [2.45, 2.75) is 118 Å². The highest BCUT2D eigenvalue weighted by Gasteiger charge is 2.82. The van der Waals surface area contributed by atoms with Crippen molar-refractivity contribution in [2.75, 3.05) is 0 Å². The van der Waals surface area contributed by atoms with Crippen LogP contribution in [0.2, 0.25) is 0 Å². The average Bonchev–Trinajstić information content (AvgIpc) is 3.31. The van der Waals surface area contributed by atoms with Gasteiger partial charge in [-0.25, -0.2) is 0 Å². The van der Waals surface area contributed by atoms with Gasteiger partial charge >= 0.3 is 0 Å². The molecule has 0 radical (unpaired) electrons. The van der Waals surface area contributed by atoms with Gasteiger partial charge in [-0.15, -0.1) is 0 Å². The SMILES string of the molecule is C=C(C)[C@H](O)CC[C@@H](C)[C@H]1CC[C@@]2(C)[C@@H]3CC[C@@H]4C(C)(C)C(=O)CC[C@@]45C[C@@]35CC[C@]12C. The van der Waals surface area contributed by atoms with Gasteiger partial charge in [-0.05, 0) is 116 Å². The lowest BCUT2D eigenvalue weighted by Gasteiger charge is -2.62. The molecule has 5 aliphatic rings. The number of fused-ring (bicyclic) bond motifs is 2. The second-order valence-electron chi connectivity index (χ2n) is 14.2. The van der Waals surface area contributed by atoms with Crippen molar-refractivity contribution < 1.29 is 9.90 Å². The summed E-state index contributed by atoms with van der Waals surface area (Å²) < 4.78 is 0.